The number of carbonyl (C=O) groups is 1. The third kappa shape index (κ3) is 2.47. The van der Waals surface area contributed by atoms with Crippen LogP contribution in [0.2, 0.25) is 0 Å². The van der Waals surface area contributed by atoms with E-state index in [1.165, 1.54) is 31.2 Å². The molecule has 1 amide bonds. The molecule has 0 aromatic heterocycles. The SMILES string of the molecule is COC(CN)CC(=O)N1CC2(CCCC2)c2ccccc21. The lowest BCUT2D eigenvalue weighted by Gasteiger charge is -2.25. The molecule has 1 spiro atoms. The van der Waals surface area contributed by atoms with Crippen molar-refractivity contribution in [1.29, 1.82) is 0 Å². The maximum Gasteiger partial charge on any atom is 0.229 e. The molecule has 0 saturated heterocycles. The Bertz CT molecular complexity index is 519. The van der Waals surface area contributed by atoms with Gasteiger partial charge in [0.2, 0.25) is 5.91 Å². The third-order valence-corrected chi connectivity index (χ3v) is 5.09. The zero-order chi connectivity index (χ0) is 14.9. The first-order valence-corrected chi connectivity index (χ1v) is 7.83. The van der Waals surface area contributed by atoms with Crippen LogP contribution < -0.4 is 10.6 Å². The van der Waals surface area contributed by atoms with Crippen molar-refractivity contribution in [2.75, 3.05) is 25.1 Å². The van der Waals surface area contributed by atoms with Crippen molar-refractivity contribution in [3.63, 3.8) is 0 Å². The van der Waals surface area contributed by atoms with Gasteiger partial charge in [-0.25, -0.2) is 0 Å². The van der Waals surface area contributed by atoms with Crippen LogP contribution in [0.1, 0.15) is 37.7 Å². The number of hydrogen-bond acceptors (Lipinski definition) is 3. The molecule has 1 fully saturated rings. The van der Waals surface area contributed by atoms with E-state index in [0.717, 1.165) is 12.2 Å². The number of rotatable bonds is 4. The molecule has 4 nitrogen and oxygen atoms in total. The summed E-state index contributed by atoms with van der Waals surface area (Å²) >= 11 is 0. The lowest BCUT2D eigenvalue weighted by Crippen LogP contribution is -2.38. The van der Waals surface area contributed by atoms with E-state index in [9.17, 15) is 4.79 Å². The number of methoxy groups -OCH3 is 1. The number of carbonyl (C=O) groups excluding carboxylic acids is 1. The summed E-state index contributed by atoms with van der Waals surface area (Å²) in [6.07, 6.45) is 5.08. The van der Waals surface area contributed by atoms with Gasteiger partial charge in [0.15, 0.2) is 0 Å². The molecule has 1 aromatic rings. The number of benzene rings is 1. The molecule has 2 N–H and O–H groups in total. The number of hydrogen-bond donors (Lipinski definition) is 1. The summed E-state index contributed by atoms with van der Waals surface area (Å²) in [5.41, 5.74) is 8.29. The minimum atomic E-state index is -0.190. The number of nitrogens with zero attached hydrogens (tertiary/aromatic N) is 1. The van der Waals surface area contributed by atoms with Gasteiger partial charge >= 0.3 is 0 Å². The van der Waals surface area contributed by atoms with Gasteiger partial charge in [-0.05, 0) is 24.5 Å². The van der Waals surface area contributed by atoms with Gasteiger partial charge in [0.05, 0.1) is 12.5 Å². The molecule has 3 rings (SSSR count). The third-order valence-electron chi connectivity index (χ3n) is 5.09. The molecule has 1 atom stereocenters. The van der Waals surface area contributed by atoms with Crippen molar-refractivity contribution >= 4 is 11.6 Å². The zero-order valence-electron chi connectivity index (χ0n) is 12.7. The summed E-state index contributed by atoms with van der Waals surface area (Å²) in [6.45, 7) is 1.20. The van der Waals surface area contributed by atoms with Crippen LogP contribution in [0.3, 0.4) is 0 Å². The summed E-state index contributed by atoms with van der Waals surface area (Å²) in [7, 11) is 1.61. The standard InChI is InChI=1S/C17H24N2O2/c1-21-13(11-18)10-16(20)19-12-17(8-4-5-9-17)14-6-2-3-7-15(14)19/h2-3,6-7,13H,4-5,8-12,18H2,1H3. The Kier molecular flexibility index (Phi) is 4.00. The summed E-state index contributed by atoms with van der Waals surface area (Å²) in [6, 6.07) is 8.38. The molecule has 0 bridgehead atoms. The molecule has 1 saturated carbocycles. The quantitative estimate of drug-likeness (QED) is 0.924. The smallest absolute Gasteiger partial charge is 0.229 e. The largest absolute Gasteiger partial charge is 0.380 e. The number of ether oxygens (including phenoxy) is 1. The van der Waals surface area contributed by atoms with Crippen LogP contribution in [0.4, 0.5) is 5.69 Å². The van der Waals surface area contributed by atoms with E-state index in [1.807, 2.05) is 11.0 Å². The van der Waals surface area contributed by atoms with Crippen molar-refractivity contribution in [2.45, 2.75) is 43.6 Å². The van der Waals surface area contributed by atoms with E-state index >= 15 is 0 Å². The molecule has 1 aromatic carbocycles. The monoisotopic (exact) mass is 288 g/mol. The molecule has 2 aliphatic rings. The predicted octanol–water partition coefficient (Wildman–Crippen LogP) is 2.21. The second-order valence-corrected chi connectivity index (χ2v) is 6.28. The molecule has 1 unspecified atom stereocenters. The fraction of sp³-hybridized carbons (Fsp3) is 0.588. The van der Waals surface area contributed by atoms with Gasteiger partial charge in [-0.15, -0.1) is 0 Å². The highest BCUT2D eigenvalue weighted by molar-refractivity contribution is 5.96. The van der Waals surface area contributed by atoms with Crippen LogP contribution in [0.5, 0.6) is 0 Å². The van der Waals surface area contributed by atoms with Gasteiger partial charge in [-0.1, -0.05) is 31.0 Å². The van der Waals surface area contributed by atoms with Crippen molar-refractivity contribution < 1.29 is 9.53 Å². The van der Waals surface area contributed by atoms with E-state index in [4.69, 9.17) is 10.5 Å². The molecule has 21 heavy (non-hydrogen) atoms. The number of nitrogens with two attached hydrogens (primary N) is 1. The van der Waals surface area contributed by atoms with Gasteiger partial charge in [0.1, 0.15) is 0 Å². The Labute approximate surface area is 126 Å². The van der Waals surface area contributed by atoms with E-state index in [1.54, 1.807) is 7.11 Å². The van der Waals surface area contributed by atoms with E-state index < -0.39 is 0 Å². The highest BCUT2D eigenvalue weighted by atomic mass is 16.5. The Hall–Kier alpha value is -1.39. The highest BCUT2D eigenvalue weighted by Crippen LogP contribution is 2.50. The Balaban J connectivity index is 1.86. The van der Waals surface area contributed by atoms with Gasteiger partial charge in [0, 0.05) is 31.3 Å². The first-order valence-electron chi connectivity index (χ1n) is 7.83. The van der Waals surface area contributed by atoms with Crippen LogP contribution in [-0.4, -0.2) is 32.2 Å². The number of anilines is 1. The summed E-state index contributed by atoms with van der Waals surface area (Å²) in [5.74, 6) is 0.128. The molecular formula is C17H24N2O2. The van der Waals surface area contributed by atoms with Crippen LogP contribution >= 0.6 is 0 Å². The topological polar surface area (TPSA) is 55.6 Å². The van der Waals surface area contributed by atoms with E-state index in [2.05, 4.69) is 18.2 Å². The first kappa shape index (κ1) is 14.5. The van der Waals surface area contributed by atoms with E-state index in [0.29, 0.717) is 13.0 Å². The van der Waals surface area contributed by atoms with Crippen LogP contribution in [0.15, 0.2) is 24.3 Å². The van der Waals surface area contributed by atoms with E-state index in [-0.39, 0.29) is 17.4 Å². The fourth-order valence-electron chi connectivity index (χ4n) is 3.90. The number of para-hydroxylation sites is 1. The molecule has 1 aliphatic heterocycles. The lowest BCUT2D eigenvalue weighted by molar-refractivity contribution is -0.120. The zero-order valence-corrected chi connectivity index (χ0v) is 12.7. The molecule has 4 heteroatoms. The first-order chi connectivity index (χ1) is 10.2. The summed E-state index contributed by atoms with van der Waals surface area (Å²) < 4.78 is 5.26. The van der Waals surface area contributed by atoms with Gasteiger partial charge in [-0.3, -0.25) is 4.79 Å². The van der Waals surface area contributed by atoms with Gasteiger partial charge < -0.3 is 15.4 Å². The fourth-order valence-corrected chi connectivity index (χ4v) is 3.90. The molecule has 1 heterocycles. The second kappa shape index (κ2) is 5.78. The normalized spacial score (nSPS) is 20.8. The Morgan fingerprint density at radius 3 is 2.76 bits per heavy atom. The van der Waals surface area contributed by atoms with Crippen molar-refractivity contribution in [3.8, 4) is 0 Å². The molecule has 114 valence electrons. The van der Waals surface area contributed by atoms with Gasteiger partial charge in [0.25, 0.3) is 0 Å². The Morgan fingerprint density at radius 2 is 2.10 bits per heavy atom. The maximum absolute atomic E-state index is 12.7. The lowest BCUT2D eigenvalue weighted by atomic mass is 9.81. The van der Waals surface area contributed by atoms with Crippen LogP contribution in [0.25, 0.3) is 0 Å². The number of fused-ring (bicyclic) bond motifs is 2. The minimum Gasteiger partial charge on any atom is -0.380 e. The Morgan fingerprint density at radius 1 is 1.38 bits per heavy atom. The summed E-state index contributed by atoms with van der Waals surface area (Å²) in [4.78, 5) is 14.6. The second-order valence-electron chi connectivity index (χ2n) is 6.28. The maximum atomic E-state index is 12.7. The number of amides is 1. The highest BCUT2D eigenvalue weighted by Gasteiger charge is 2.45. The predicted molar refractivity (Wildman–Crippen MR) is 83.4 cm³/mol. The van der Waals surface area contributed by atoms with Crippen molar-refractivity contribution in [1.82, 2.24) is 0 Å². The summed E-state index contributed by atoms with van der Waals surface area (Å²) in [5, 5.41) is 0. The molecule has 1 aliphatic carbocycles. The van der Waals surface area contributed by atoms with Crippen LogP contribution in [0, 0.1) is 0 Å². The van der Waals surface area contributed by atoms with Crippen molar-refractivity contribution in [3.05, 3.63) is 29.8 Å². The minimum absolute atomic E-state index is 0.128. The van der Waals surface area contributed by atoms with Gasteiger partial charge in [-0.2, -0.15) is 0 Å². The average Bonchev–Trinajstić information content (AvgIpc) is 3.12. The molecular weight excluding hydrogens is 264 g/mol. The van der Waals surface area contributed by atoms with Crippen molar-refractivity contribution in [2.24, 2.45) is 5.73 Å². The average molecular weight is 288 g/mol. The molecule has 0 radical (unpaired) electrons. The van der Waals surface area contributed by atoms with Crippen LogP contribution in [-0.2, 0) is 14.9 Å².